The molecule has 1 aliphatic rings. The predicted molar refractivity (Wildman–Crippen MR) is 124 cm³/mol. The van der Waals surface area contributed by atoms with Crippen molar-refractivity contribution < 1.29 is 59.6 Å². The number of aryl methyl sites for hydroxylation is 1. The third-order valence-corrected chi connectivity index (χ3v) is 5.88. The lowest BCUT2D eigenvalue weighted by molar-refractivity contribution is -0.208. The van der Waals surface area contributed by atoms with Crippen molar-refractivity contribution in [1.29, 1.82) is 0 Å². The van der Waals surface area contributed by atoms with Crippen molar-refractivity contribution in [2.45, 2.75) is 49.6 Å². The van der Waals surface area contributed by atoms with Gasteiger partial charge in [-0.25, -0.2) is 9.59 Å². The number of hydrogen-bond acceptors (Lipinski definition) is 11. The third kappa shape index (κ3) is 6.68. The highest BCUT2D eigenvalue weighted by atomic mass is 16.6. The molecule has 2 aromatic carbocycles. The van der Waals surface area contributed by atoms with E-state index < -0.39 is 60.4 Å². The molecule has 0 aliphatic heterocycles. The first-order valence-corrected chi connectivity index (χ1v) is 11.1. The second-order valence-corrected chi connectivity index (χ2v) is 8.62. The van der Waals surface area contributed by atoms with Crippen molar-refractivity contribution in [2.75, 3.05) is 0 Å². The zero-order valence-electron chi connectivity index (χ0n) is 19.4. The number of phenols is 4. The van der Waals surface area contributed by atoms with Crippen LogP contribution >= 0.6 is 0 Å². The molecule has 0 saturated heterocycles. The van der Waals surface area contributed by atoms with Gasteiger partial charge in [0.25, 0.3) is 0 Å². The number of aliphatic hydroxyl groups excluding tert-OH is 2. The molecular formula is C25H26O12. The number of carboxylic acids is 1. The number of rotatable bonds is 8. The summed E-state index contributed by atoms with van der Waals surface area (Å²) in [6, 6.07) is 7.68. The van der Waals surface area contributed by atoms with E-state index in [9.17, 15) is 50.1 Å². The van der Waals surface area contributed by atoms with E-state index in [0.29, 0.717) is 11.1 Å². The van der Waals surface area contributed by atoms with Gasteiger partial charge in [-0.05, 0) is 47.9 Å². The van der Waals surface area contributed by atoms with Gasteiger partial charge in [0, 0.05) is 25.3 Å². The number of carboxylic acid groups (broad SMARTS) is 1. The molecule has 1 aliphatic carbocycles. The van der Waals surface area contributed by atoms with Gasteiger partial charge in [-0.2, -0.15) is 0 Å². The van der Waals surface area contributed by atoms with Crippen LogP contribution in [-0.2, 0) is 30.3 Å². The number of carbonyl (C=O) groups excluding carboxylic acids is 2. The number of aliphatic carboxylic acids is 1. The maximum absolute atomic E-state index is 12.4. The number of aliphatic hydroxyl groups is 2. The lowest BCUT2D eigenvalue weighted by Crippen LogP contribution is -2.58. The second kappa shape index (κ2) is 11.2. The van der Waals surface area contributed by atoms with Crippen LogP contribution in [0.5, 0.6) is 23.0 Å². The first-order chi connectivity index (χ1) is 17.4. The van der Waals surface area contributed by atoms with E-state index in [1.54, 1.807) is 0 Å². The Morgan fingerprint density at radius 1 is 0.919 bits per heavy atom. The smallest absolute Gasteiger partial charge is 0.348 e. The lowest BCUT2D eigenvalue weighted by Gasteiger charge is -2.41. The van der Waals surface area contributed by atoms with E-state index in [0.717, 1.165) is 12.1 Å². The molecule has 7 N–H and O–H groups in total. The van der Waals surface area contributed by atoms with Gasteiger partial charge in [0.1, 0.15) is 12.2 Å². The molecule has 0 aromatic heterocycles. The summed E-state index contributed by atoms with van der Waals surface area (Å²) >= 11 is 0. The van der Waals surface area contributed by atoms with Crippen LogP contribution in [0.3, 0.4) is 0 Å². The van der Waals surface area contributed by atoms with Gasteiger partial charge in [0.05, 0.1) is 6.10 Å². The van der Waals surface area contributed by atoms with E-state index in [1.807, 2.05) is 0 Å². The van der Waals surface area contributed by atoms with Gasteiger partial charge in [-0.15, -0.1) is 0 Å². The molecule has 12 heteroatoms. The maximum atomic E-state index is 12.4. The van der Waals surface area contributed by atoms with Crippen molar-refractivity contribution in [3.8, 4) is 23.0 Å². The highest BCUT2D eigenvalue weighted by Crippen LogP contribution is 2.35. The summed E-state index contributed by atoms with van der Waals surface area (Å²) in [5, 5.41) is 68.2. The zero-order chi connectivity index (χ0) is 27.3. The molecule has 37 heavy (non-hydrogen) atoms. The molecule has 0 spiro atoms. The summed E-state index contributed by atoms with van der Waals surface area (Å²) < 4.78 is 10.4. The molecule has 12 nitrogen and oxygen atoms in total. The Labute approximate surface area is 210 Å². The fourth-order valence-electron chi connectivity index (χ4n) is 3.88. The first-order valence-electron chi connectivity index (χ1n) is 11.1. The highest BCUT2D eigenvalue weighted by Gasteiger charge is 2.54. The molecular weight excluding hydrogens is 492 g/mol. The number of hydrogen-bond donors (Lipinski definition) is 7. The minimum atomic E-state index is -2.31. The summed E-state index contributed by atoms with van der Waals surface area (Å²) in [6.45, 7) is 0. The summed E-state index contributed by atoms with van der Waals surface area (Å²) in [5.74, 6) is -5.10. The van der Waals surface area contributed by atoms with Crippen molar-refractivity contribution in [1.82, 2.24) is 0 Å². The normalized spacial score (nSPS) is 23.5. The van der Waals surface area contributed by atoms with Gasteiger partial charge in [0.2, 0.25) is 5.60 Å². The zero-order valence-corrected chi connectivity index (χ0v) is 19.4. The maximum Gasteiger partial charge on any atom is 0.348 e. The minimum Gasteiger partial charge on any atom is -0.504 e. The van der Waals surface area contributed by atoms with Crippen LogP contribution in [0.1, 0.15) is 30.4 Å². The number of ether oxygens (including phenoxy) is 2. The fraction of sp³-hybridized carbons (Fsp3) is 0.320. The van der Waals surface area contributed by atoms with Crippen LogP contribution in [0.25, 0.3) is 6.08 Å². The number of aromatic hydroxyl groups is 4. The lowest BCUT2D eigenvalue weighted by atomic mass is 9.79. The van der Waals surface area contributed by atoms with Crippen LogP contribution < -0.4 is 0 Å². The van der Waals surface area contributed by atoms with E-state index in [4.69, 9.17) is 9.47 Å². The fourth-order valence-corrected chi connectivity index (χ4v) is 3.88. The summed E-state index contributed by atoms with van der Waals surface area (Å²) in [5.41, 5.74) is -1.52. The second-order valence-electron chi connectivity index (χ2n) is 8.62. The summed E-state index contributed by atoms with van der Waals surface area (Å²) in [6.07, 6.45) is -4.20. The Morgan fingerprint density at radius 2 is 1.57 bits per heavy atom. The summed E-state index contributed by atoms with van der Waals surface area (Å²) in [4.78, 5) is 36.9. The third-order valence-electron chi connectivity index (χ3n) is 5.88. The molecule has 198 valence electrons. The Balaban J connectivity index is 1.68. The average Bonchev–Trinajstić information content (AvgIpc) is 2.83. The topological polar surface area (TPSA) is 211 Å². The van der Waals surface area contributed by atoms with Crippen molar-refractivity contribution >= 4 is 24.0 Å². The van der Waals surface area contributed by atoms with E-state index in [-0.39, 0.29) is 30.1 Å². The van der Waals surface area contributed by atoms with Crippen LogP contribution in [-0.4, -0.2) is 77.6 Å². The average molecular weight is 518 g/mol. The Kier molecular flexibility index (Phi) is 8.25. The van der Waals surface area contributed by atoms with Crippen LogP contribution in [0.4, 0.5) is 0 Å². The molecule has 1 unspecified atom stereocenters. The van der Waals surface area contributed by atoms with Crippen molar-refractivity contribution in [3.63, 3.8) is 0 Å². The molecule has 4 atom stereocenters. The number of benzene rings is 2. The first kappa shape index (κ1) is 27.3. The Bertz CT molecular complexity index is 1210. The Morgan fingerprint density at radius 3 is 2.19 bits per heavy atom. The molecule has 0 radical (unpaired) electrons. The van der Waals surface area contributed by atoms with Crippen LogP contribution in [0, 0.1) is 0 Å². The van der Waals surface area contributed by atoms with Gasteiger partial charge in [-0.3, -0.25) is 4.79 Å². The molecule has 2 aromatic rings. The standard InChI is InChI=1S/C25H26O12/c26-15-5-1-13(9-17(15)28)3-7-21(31)36-20-12-25(24(34)35,11-19(30)23(20)33)37-22(32)8-4-14-2-6-16(27)18(29)10-14/h1-2,4-6,8-10,19-20,23,26-30,33H,3,7,11-12H2,(H,34,35)/b8-4+/t19-,20-,23+,25?/m1/s1. The van der Waals surface area contributed by atoms with Gasteiger partial charge >= 0.3 is 17.9 Å². The molecule has 0 amide bonds. The number of phenolic OH excluding ortho intramolecular Hbond substituents is 4. The summed E-state index contributed by atoms with van der Waals surface area (Å²) in [7, 11) is 0. The van der Waals surface area contributed by atoms with Crippen LogP contribution in [0.15, 0.2) is 42.5 Å². The highest BCUT2D eigenvalue weighted by molar-refractivity contribution is 5.90. The number of esters is 2. The quantitative estimate of drug-likeness (QED) is 0.148. The van der Waals surface area contributed by atoms with E-state index in [1.165, 1.54) is 36.4 Å². The van der Waals surface area contributed by atoms with Crippen molar-refractivity contribution in [3.05, 3.63) is 53.6 Å². The van der Waals surface area contributed by atoms with E-state index in [2.05, 4.69) is 0 Å². The largest absolute Gasteiger partial charge is 0.504 e. The van der Waals surface area contributed by atoms with Crippen molar-refractivity contribution in [2.24, 2.45) is 0 Å². The van der Waals surface area contributed by atoms with E-state index >= 15 is 0 Å². The molecule has 0 bridgehead atoms. The molecule has 0 heterocycles. The molecule has 1 saturated carbocycles. The predicted octanol–water partition coefficient (Wildman–Crippen LogP) is 0.949. The minimum absolute atomic E-state index is 0.0920. The monoisotopic (exact) mass is 518 g/mol. The van der Waals surface area contributed by atoms with Gasteiger partial charge in [-0.1, -0.05) is 12.1 Å². The van der Waals surface area contributed by atoms with Gasteiger partial charge < -0.3 is 45.2 Å². The SMILES string of the molecule is O=C(/C=C/c1ccc(O)c(O)c1)OC1(C(=O)O)C[C@@H](O)[C@H](O)[C@H](OC(=O)CCc2ccc(O)c(O)c2)C1. The number of carbonyl (C=O) groups is 3. The molecule has 1 fully saturated rings. The Hall–Kier alpha value is -4.29. The molecule has 3 rings (SSSR count). The van der Waals surface area contributed by atoms with Gasteiger partial charge in [0.15, 0.2) is 23.0 Å². The van der Waals surface area contributed by atoms with Crippen LogP contribution in [0.2, 0.25) is 0 Å².